The van der Waals surface area contributed by atoms with Crippen LogP contribution >= 0.6 is 15.9 Å². The minimum Gasteiger partial charge on any atom is -0.490 e. The lowest BCUT2D eigenvalue weighted by Crippen LogP contribution is -2.44. The van der Waals surface area contributed by atoms with E-state index >= 15 is 0 Å². The molecule has 0 unspecified atom stereocenters. The number of amides is 3. The summed E-state index contributed by atoms with van der Waals surface area (Å²) >= 11 is 3.49. The van der Waals surface area contributed by atoms with Crippen molar-refractivity contribution in [1.29, 1.82) is 0 Å². The van der Waals surface area contributed by atoms with Gasteiger partial charge in [-0.3, -0.25) is 0 Å². The predicted molar refractivity (Wildman–Crippen MR) is 164 cm³/mol. The maximum atomic E-state index is 12.8. The van der Waals surface area contributed by atoms with E-state index in [1.165, 1.54) is 0 Å². The van der Waals surface area contributed by atoms with E-state index in [1.54, 1.807) is 74.4 Å². The first-order valence-corrected chi connectivity index (χ1v) is 15.0. The van der Waals surface area contributed by atoms with Gasteiger partial charge in [0.05, 0.1) is 19.8 Å². The van der Waals surface area contributed by atoms with Gasteiger partial charge in [0, 0.05) is 17.6 Å². The Bertz CT molecular complexity index is 999. The van der Waals surface area contributed by atoms with Crippen molar-refractivity contribution < 1.29 is 42.8 Å². The van der Waals surface area contributed by atoms with E-state index in [9.17, 15) is 14.4 Å². The van der Waals surface area contributed by atoms with Crippen molar-refractivity contribution in [2.75, 3.05) is 32.9 Å². The highest BCUT2D eigenvalue weighted by Gasteiger charge is 2.31. The van der Waals surface area contributed by atoms with Crippen molar-refractivity contribution in [3.8, 4) is 17.2 Å². The second kappa shape index (κ2) is 16.7. The van der Waals surface area contributed by atoms with Crippen LogP contribution in [-0.2, 0) is 14.2 Å². The minimum atomic E-state index is -0.793. The maximum absolute atomic E-state index is 12.8. The van der Waals surface area contributed by atoms with Crippen LogP contribution in [0.1, 0.15) is 88.5 Å². The number of hydrogen-bond donors (Lipinski definition) is 1. The van der Waals surface area contributed by atoms with E-state index in [-0.39, 0.29) is 19.8 Å². The zero-order valence-electron chi connectivity index (χ0n) is 26.8. The van der Waals surface area contributed by atoms with Crippen LogP contribution in [0.5, 0.6) is 17.2 Å². The number of benzene rings is 1. The van der Waals surface area contributed by atoms with E-state index in [1.807, 2.05) is 6.92 Å². The Morgan fingerprint density at radius 1 is 0.738 bits per heavy atom. The van der Waals surface area contributed by atoms with Crippen LogP contribution in [0.4, 0.5) is 14.4 Å². The molecule has 3 amide bonds. The molecule has 0 fully saturated rings. The first kappa shape index (κ1) is 37.1. The molecule has 0 aliphatic heterocycles. The lowest BCUT2D eigenvalue weighted by Gasteiger charge is -2.28. The minimum absolute atomic E-state index is 0.0174. The van der Waals surface area contributed by atoms with Crippen LogP contribution < -0.4 is 19.5 Å². The summed E-state index contributed by atoms with van der Waals surface area (Å²) in [5, 5.41) is 2.71. The fourth-order valence-corrected chi connectivity index (χ4v) is 3.58. The third-order valence-corrected chi connectivity index (χ3v) is 5.15. The van der Waals surface area contributed by atoms with Crippen LogP contribution in [0.15, 0.2) is 16.6 Å². The number of imide groups is 1. The molecule has 0 aromatic heterocycles. The molecule has 0 saturated heterocycles. The Labute approximate surface area is 259 Å². The lowest BCUT2D eigenvalue weighted by atomic mass is 10.2. The highest BCUT2D eigenvalue weighted by molar-refractivity contribution is 9.10. The summed E-state index contributed by atoms with van der Waals surface area (Å²) in [6.07, 6.45) is -0.462. The fraction of sp³-hybridized carbons (Fsp3) is 0.700. The SMILES string of the molecule is CCCOc1cc(Br)cc(OCCCN(C(=O)OC(C)(C)C)C(=O)OC(C)(C)C)c1OCCCNC(=O)OC(C)(C)C. The zero-order valence-corrected chi connectivity index (χ0v) is 28.4. The average molecular weight is 662 g/mol. The van der Waals surface area contributed by atoms with Gasteiger partial charge >= 0.3 is 18.3 Å². The van der Waals surface area contributed by atoms with Crippen molar-refractivity contribution in [3.63, 3.8) is 0 Å². The molecule has 1 aromatic rings. The molecular formula is C30H49BrN2O9. The van der Waals surface area contributed by atoms with Crippen molar-refractivity contribution in [2.45, 2.75) is 105 Å². The van der Waals surface area contributed by atoms with E-state index < -0.39 is 35.1 Å². The molecule has 0 bridgehead atoms. The summed E-state index contributed by atoms with van der Waals surface area (Å²) in [7, 11) is 0. The first-order valence-electron chi connectivity index (χ1n) is 14.2. The van der Waals surface area contributed by atoms with Crippen LogP contribution in [-0.4, -0.2) is 72.9 Å². The Kier molecular flexibility index (Phi) is 14.7. The van der Waals surface area contributed by atoms with E-state index in [0.29, 0.717) is 43.2 Å². The fourth-order valence-electron chi connectivity index (χ4n) is 3.16. The molecule has 240 valence electrons. The number of rotatable bonds is 13. The highest BCUT2D eigenvalue weighted by atomic mass is 79.9. The Morgan fingerprint density at radius 3 is 1.69 bits per heavy atom. The number of carbonyl (C=O) groups is 3. The summed E-state index contributed by atoms with van der Waals surface area (Å²) in [6.45, 7) is 19.0. The molecule has 1 N–H and O–H groups in total. The van der Waals surface area contributed by atoms with Gasteiger partial charge < -0.3 is 33.7 Å². The zero-order chi connectivity index (χ0) is 32.1. The molecule has 0 aliphatic rings. The number of alkyl carbamates (subject to hydrolysis) is 1. The normalized spacial score (nSPS) is 11.8. The Hall–Kier alpha value is -2.89. The molecule has 1 rings (SSSR count). The molecule has 42 heavy (non-hydrogen) atoms. The van der Waals surface area contributed by atoms with Crippen molar-refractivity contribution >= 4 is 34.2 Å². The van der Waals surface area contributed by atoms with Crippen molar-refractivity contribution in [3.05, 3.63) is 16.6 Å². The Balaban J connectivity index is 2.92. The summed E-state index contributed by atoms with van der Waals surface area (Å²) in [6, 6.07) is 3.55. The second-order valence-corrected chi connectivity index (χ2v) is 13.4. The third kappa shape index (κ3) is 15.9. The summed E-state index contributed by atoms with van der Waals surface area (Å²) in [4.78, 5) is 38.3. The van der Waals surface area contributed by atoms with Crippen LogP contribution in [0.2, 0.25) is 0 Å². The largest absolute Gasteiger partial charge is 0.490 e. The summed E-state index contributed by atoms with van der Waals surface area (Å²) in [5.74, 6) is 1.35. The molecule has 0 atom stereocenters. The van der Waals surface area contributed by atoms with Gasteiger partial charge in [0.2, 0.25) is 5.75 Å². The molecule has 0 heterocycles. The van der Waals surface area contributed by atoms with Crippen molar-refractivity contribution in [2.24, 2.45) is 0 Å². The molecule has 0 saturated carbocycles. The smallest absolute Gasteiger partial charge is 0.419 e. The van der Waals surface area contributed by atoms with E-state index in [2.05, 4.69) is 21.2 Å². The molecule has 0 aliphatic carbocycles. The molecule has 1 aromatic carbocycles. The number of hydrogen-bond acceptors (Lipinski definition) is 9. The third-order valence-electron chi connectivity index (χ3n) is 4.69. The van der Waals surface area contributed by atoms with Gasteiger partial charge in [-0.2, -0.15) is 0 Å². The predicted octanol–water partition coefficient (Wildman–Crippen LogP) is 7.47. The lowest BCUT2D eigenvalue weighted by molar-refractivity contribution is 0.000718. The summed E-state index contributed by atoms with van der Waals surface area (Å²) < 4.78 is 34.8. The Morgan fingerprint density at radius 2 is 1.21 bits per heavy atom. The standard InChI is InChI=1S/C30H49BrN2O9/c1-11-16-37-22-19-21(31)20-23(24(22)39-17-12-14-32-25(34)40-28(2,3)4)38-18-13-15-33(26(35)41-29(5,6)7)27(36)42-30(8,9)10/h19-20H,11-18H2,1-10H3,(H,32,34). The number of ether oxygens (including phenoxy) is 6. The van der Waals surface area contributed by atoms with E-state index in [4.69, 9.17) is 28.4 Å². The molecule has 0 spiro atoms. The monoisotopic (exact) mass is 660 g/mol. The average Bonchev–Trinajstić information content (AvgIpc) is 2.79. The number of carbonyl (C=O) groups excluding carboxylic acids is 3. The number of halogens is 1. The van der Waals surface area contributed by atoms with Gasteiger partial charge in [-0.15, -0.1) is 0 Å². The van der Waals surface area contributed by atoms with Crippen LogP contribution in [0, 0.1) is 0 Å². The van der Waals surface area contributed by atoms with Crippen molar-refractivity contribution in [1.82, 2.24) is 10.2 Å². The number of nitrogens with zero attached hydrogens (tertiary/aromatic N) is 1. The van der Waals surface area contributed by atoms with Gasteiger partial charge in [-0.25, -0.2) is 19.3 Å². The first-order chi connectivity index (χ1) is 19.3. The van der Waals surface area contributed by atoms with Gasteiger partial charge in [0.25, 0.3) is 0 Å². The topological polar surface area (TPSA) is 122 Å². The van der Waals surface area contributed by atoms with Crippen LogP contribution in [0.25, 0.3) is 0 Å². The molecule has 12 heteroatoms. The van der Waals surface area contributed by atoms with E-state index in [0.717, 1.165) is 15.8 Å². The van der Waals surface area contributed by atoms with Gasteiger partial charge in [0.1, 0.15) is 16.8 Å². The van der Waals surface area contributed by atoms with Crippen LogP contribution in [0.3, 0.4) is 0 Å². The maximum Gasteiger partial charge on any atom is 0.419 e. The summed E-state index contributed by atoms with van der Waals surface area (Å²) in [5.41, 5.74) is -2.14. The number of nitrogens with one attached hydrogen (secondary N) is 1. The van der Waals surface area contributed by atoms with Gasteiger partial charge in [-0.1, -0.05) is 22.9 Å². The quantitative estimate of drug-likeness (QED) is 0.169. The molecule has 11 nitrogen and oxygen atoms in total. The molecule has 0 radical (unpaired) electrons. The second-order valence-electron chi connectivity index (χ2n) is 12.5. The van der Waals surface area contributed by atoms with Gasteiger partial charge in [-0.05, 0) is 93.7 Å². The highest BCUT2D eigenvalue weighted by Crippen LogP contribution is 2.41. The molecular weight excluding hydrogens is 612 g/mol. The van der Waals surface area contributed by atoms with Gasteiger partial charge in [0.15, 0.2) is 11.5 Å².